The molecule has 0 amide bonds. The maximum absolute atomic E-state index is 13.0. The summed E-state index contributed by atoms with van der Waals surface area (Å²) in [6.45, 7) is 3.63. The predicted molar refractivity (Wildman–Crippen MR) is 69.6 cm³/mol. The third-order valence-electron chi connectivity index (χ3n) is 3.06. The molecule has 7 heteroatoms. The van der Waals surface area contributed by atoms with Crippen molar-refractivity contribution in [2.24, 2.45) is 0 Å². The molecular weight excluding hydrogens is 284 g/mol. The van der Waals surface area contributed by atoms with E-state index in [1.807, 2.05) is 13.8 Å². The van der Waals surface area contributed by atoms with Crippen LogP contribution in [0.15, 0.2) is 22.7 Å². The van der Waals surface area contributed by atoms with Crippen molar-refractivity contribution in [1.82, 2.24) is 5.16 Å². The van der Waals surface area contributed by atoms with Crippen LogP contribution in [0.1, 0.15) is 47.8 Å². The van der Waals surface area contributed by atoms with Gasteiger partial charge < -0.3 is 14.7 Å². The highest BCUT2D eigenvalue weighted by Gasteiger charge is 2.22. The number of carbonyl (C=O) groups is 1. The van der Waals surface area contributed by atoms with Gasteiger partial charge >= 0.3 is 5.97 Å². The van der Waals surface area contributed by atoms with E-state index in [9.17, 15) is 18.7 Å². The molecule has 2 aromatic rings. The molecule has 0 saturated carbocycles. The first kappa shape index (κ1) is 15.0. The Bertz CT molecular complexity index is 680. The van der Waals surface area contributed by atoms with Crippen molar-refractivity contribution >= 4 is 5.97 Å². The summed E-state index contributed by atoms with van der Waals surface area (Å²) >= 11 is 0. The fourth-order valence-electron chi connectivity index (χ4n) is 1.87. The Labute approximate surface area is 118 Å². The number of halogens is 2. The summed E-state index contributed by atoms with van der Waals surface area (Å²) in [5.74, 6) is -2.07. The number of hydrogen-bond donors (Lipinski definition) is 2. The van der Waals surface area contributed by atoms with Crippen LogP contribution in [0.5, 0.6) is 5.75 Å². The second-order valence-electron chi connectivity index (χ2n) is 4.84. The smallest absolute Gasteiger partial charge is 0.358 e. The lowest BCUT2D eigenvalue weighted by Gasteiger charge is -2.13. The lowest BCUT2D eigenvalue weighted by Crippen LogP contribution is -1.95. The monoisotopic (exact) mass is 297 g/mol. The Kier molecular flexibility index (Phi) is 3.93. The van der Waals surface area contributed by atoms with Crippen LogP contribution in [0, 0.1) is 0 Å². The molecule has 0 saturated heterocycles. The number of nitrogens with zero attached hydrogens (tertiary/aromatic N) is 1. The Hall–Kier alpha value is -2.44. The molecule has 0 radical (unpaired) electrons. The minimum Gasteiger partial charge on any atom is -0.507 e. The lowest BCUT2D eigenvalue weighted by atomic mass is 9.95. The van der Waals surface area contributed by atoms with E-state index >= 15 is 0 Å². The van der Waals surface area contributed by atoms with Gasteiger partial charge in [0, 0.05) is 6.07 Å². The molecule has 0 unspecified atom stereocenters. The number of aromatic hydroxyl groups is 1. The molecule has 0 bridgehead atoms. The maximum Gasteiger partial charge on any atom is 0.358 e. The molecule has 0 aliphatic rings. The summed E-state index contributed by atoms with van der Waals surface area (Å²) in [7, 11) is 0. The van der Waals surface area contributed by atoms with Gasteiger partial charge in [0.1, 0.15) is 5.75 Å². The highest BCUT2D eigenvalue weighted by molar-refractivity contribution is 5.87. The molecule has 0 fully saturated rings. The number of rotatable bonds is 4. The standard InChI is InChI=1S/C14H13F2NO4/c1-6(2)7-3-8(12(18)9(4-7)13(15)16)11-5-10(14(19)20)17-21-11/h3-6,13,18H,1-2H3,(H,19,20). The van der Waals surface area contributed by atoms with Crippen LogP contribution in [0.4, 0.5) is 8.78 Å². The van der Waals surface area contributed by atoms with Gasteiger partial charge in [-0.15, -0.1) is 0 Å². The van der Waals surface area contributed by atoms with Crippen molar-refractivity contribution in [2.75, 3.05) is 0 Å². The number of aromatic nitrogens is 1. The number of phenols is 1. The number of phenolic OH excluding ortho intramolecular Hbond substituents is 1. The van der Waals surface area contributed by atoms with Crippen LogP contribution in [-0.2, 0) is 0 Å². The summed E-state index contributed by atoms with van der Waals surface area (Å²) in [6.07, 6.45) is -2.86. The van der Waals surface area contributed by atoms with Crippen LogP contribution in [0.3, 0.4) is 0 Å². The Morgan fingerprint density at radius 3 is 2.43 bits per heavy atom. The third-order valence-corrected chi connectivity index (χ3v) is 3.06. The molecular formula is C14H13F2NO4. The van der Waals surface area contributed by atoms with E-state index in [2.05, 4.69) is 5.16 Å². The van der Waals surface area contributed by atoms with Crippen LogP contribution in [0.25, 0.3) is 11.3 Å². The van der Waals surface area contributed by atoms with Crippen molar-refractivity contribution in [3.63, 3.8) is 0 Å². The quantitative estimate of drug-likeness (QED) is 0.896. The van der Waals surface area contributed by atoms with Crippen molar-refractivity contribution in [1.29, 1.82) is 0 Å². The SMILES string of the molecule is CC(C)c1cc(-c2cc(C(=O)O)no2)c(O)c(C(F)F)c1. The number of alkyl halides is 2. The van der Waals surface area contributed by atoms with E-state index in [1.54, 1.807) is 0 Å². The first-order valence-electron chi connectivity index (χ1n) is 6.16. The van der Waals surface area contributed by atoms with Crippen LogP contribution in [0.2, 0.25) is 0 Å². The topological polar surface area (TPSA) is 83.6 Å². The zero-order valence-corrected chi connectivity index (χ0v) is 11.3. The van der Waals surface area contributed by atoms with Crippen LogP contribution < -0.4 is 0 Å². The molecule has 2 rings (SSSR count). The van der Waals surface area contributed by atoms with Gasteiger partial charge in [0.15, 0.2) is 11.5 Å². The number of carboxylic acids is 1. The largest absolute Gasteiger partial charge is 0.507 e. The Morgan fingerprint density at radius 2 is 1.95 bits per heavy atom. The lowest BCUT2D eigenvalue weighted by molar-refractivity contribution is 0.0685. The van der Waals surface area contributed by atoms with E-state index in [-0.39, 0.29) is 22.9 Å². The number of aromatic carboxylic acids is 1. The third kappa shape index (κ3) is 2.86. The van der Waals surface area contributed by atoms with Gasteiger partial charge in [0.2, 0.25) is 0 Å². The van der Waals surface area contributed by atoms with E-state index in [4.69, 9.17) is 9.63 Å². The summed E-state index contributed by atoms with van der Waals surface area (Å²) < 4.78 is 30.8. The highest BCUT2D eigenvalue weighted by Crippen LogP contribution is 2.40. The Balaban J connectivity index is 2.63. The van der Waals surface area contributed by atoms with E-state index in [0.29, 0.717) is 5.56 Å². The number of carboxylic acid groups (broad SMARTS) is 1. The van der Waals surface area contributed by atoms with Gasteiger partial charge in [0.05, 0.1) is 11.1 Å². The van der Waals surface area contributed by atoms with Crippen LogP contribution in [-0.4, -0.2) is 21.3 Å². The van der Waals surface area contributed by atoms with Gasteiger partial charge in [-0.3, -0.25) is 0 Å². The van der Waals surface area contributed by atoms with Gasteiger partial charge in [-0.1, -0.05) is 19.0 Å². The fourth-order valence-corrected chi connectivity index (χ4v) is 1.87. The van der Waals surface area contributed by atoms with E-state index < -0.39 is 23.7 Å². The molecule has 5 nitrogen and oxygen atoms in total. The minimum absolute atomic E-state index is 0.00324. The summed E-state index contributed by atoms with van der Waals surface area (Å²) in [4.78, 5) is 10.8. The van der Waals surface area contributed by atoms with Crippen molar-refractivity contribution < 1.29 is 28.3 Å². The second-order valence-corrected chi connectivity index (χ2v) is 4.84. The van der Waals surface area contributed by atoms with Crippen molar-refractivity contribution in [3.05, 3.63) is 35.0 Å². The first-order valence-corrected chi connectivity index (χ1v) is 6.16. The second kappa shape index (κ2) is 5.51. The fraction of sp³-hybridized carbons (Fsp3) is 0.286. The van der Waals surface area contributed by atoms with Crippen molar-refractivity contribution in [3.8, 4) is 17.1 Å². The van der Waals surface area contributed by atoms with Gasteiger partial charge in [-0.25, -0.2) is 13.6 Å². The van der Waals surface area contributed by atoms with Crippen molar-refractivity contribution in [2.45, 2.75) is 26.2 Å². The highest BCUT2D eigenvalue weighted by atomic mass is 19.3. The normalized spacial score (nSPS) is 11.3. The Morgan fingerprint density at radius 1 is 1.29 bits per heavy atom. The van der Waals surface area contributed by atoms with Gasteiger partial charge in [-0.05, 0) is 23.6 Å². The summed E-state index contributed by atoms with van der Waals surface area (Å²) in [6, 6.07) is 3.79. The zero-order chi connectivity index (χ0) is 15.7. The molecule has 0 aliphatic carbocycles. The minimum atomic E-state index is -2.86. The molecule has 2 N–H and O–H groups in total. The van der Waals surface area contributed by atoms with Crippen LogP contribution >= 0.6 is 0 Å². The molecule has 0 aliphatic heterocycles. The number of benzene rings is 1. The molecule has 0 spiro atoms. The van der Waals surface area contributed by atoms with Gasteiger partial charge in [-0.2, -0.15) is 0 Å². The molecule has 21 heavy (non-hydrogen) atoms. The molecule has 0 atom stereocenters. The van der Waals surface area contributed by atoms with Gasteiger partial charge in [0.25, 0.3) is 6.43 Å². The predicted octanol–water partition coefficient (Wildman–Crippen LogP) is 3.81. The van der Waals surface area contributed by atoms with E-state index in [1.165, 1.54) is 12.1 Å². The maximum atomic E-state index is 13.0. The zero-order valence-electron chi connectivity index (χ0n) is 11.3. The average Bonchev–Trinajstić information content (AvgIpc) is 2.87. The molecule has 112 valence electrons. The molecule has 1 heterocycles. The molecule has 1 aromatic heterocycles. The van der Waals surface area contributed by atoms with E-state index in [0.717, 1.165) is 6.07 Å². The first-order chi connectivity index (χ1) is 9.81. The average molecular weight is 297 g/mol. The number of hydrogen-bond acceptors (Lipinski definition) is 4. The molecule has 1 aromatic carbocycles. The summed E-state index contributed by atoms with van der Waals surface area (Å²) in [5.41, 5.74) is -0.315. The summed E-state index contributed by atoms with van der Waals surface area (Å²) in [5, 5.41) is 22.1.